The molecule has 0 saturated carbocycles. The lowest BCUT2D eigenvalue weighted by molar-refractivity contribution is 0.103. The highest BCUT2D eigenvalue weighted by Gasteiger charge is 2.15. The number of carbonyl (C=O) groups excluding carboxylic acids is 1. The second kappa shape index (κ2) is 9.14. The van der Waals surface area contributed by atoms with Crippen LogP contribution < -0.4 is 10.1 Å². The Morgan fingerprint density at radius 1 is 1.10 bits per heavy atom. The number of nitrogens with one attached hydrogen (secondary N) is 1. The predicted octanol–water partition coefficient (Wildman–Crippen LogP) is 5.59. The Kier molecular flexibility index (Phi) is 6.13. The van der Waals surface area contributed by atoms with Gasteiger partial charge in [-0.25, -0.2) is 4.68 Å². The number of carbonyl (C=O) groups is 1. The van der Waals surface area contributed by atoms with E-state index in [4.69, 9.17) is 4.74 Å². The van der Waals surface area contributed by atoms with Crippen LogP contribution in [0.3, 0.4) is 0 Å². The van der Waals surface area contributed by atoms with Crippen molar-refractivity contribution in [3.8, 4) is 23.1 Å². The lowest BCUT2D eigenvalue weighted by atomic mass is 10.1. The Morgan fingerprint density at radius 3 is 2.48 bits per heavy atom. The average Bonchev–Trinajstić information content (AvgIpc) is 3.44. The fraction of sp³-hybridized carbons (Fsp3) is 0.208. The molecule has 158 valence electrons. The minimum Gasteiger partial charge on any atom is -0.462 e. The smallest absolute Gasteiger partial charge is 0.336 e. The zero-order chi connectivity index (χ0) is 21.8. The monoisotopic (exact) mass is 432 g/mol. The molecule has 0 bridgehead atoms. The molecule has 0 spiro atoms. The number of nitrogens with zero attached hydrogens (tertiary/aromatic N) is 3. The first-order valence-corrected chi connectivity index (χ1v) is 11.0. The highest BCUT2D eigenvalue weighted by Crippen LogP contribution is 2.25. The highest BCUT2D eigenvalue weighted by atomic mass is 32.1. The van der Waals surface area contributed by atoms with E-state index < -0.39 is 0 Å². The summed E-state index contributed by atoms with van der Waals surface area (Å²) < 4.78 is 7.54. The Hall–Kier alpha value is -3.45. The van der Waals surface area contributed by atoms with Crippen molar-refractivity contribution >= 4 is 22.9 Å². The molecule has 6 nitrogen and oxygen atoms in total. The Balaban J connectivity index is 1.62. The van der Waals surface area contributed by atoms with Crippen LogP contribution in [0.15, 0.2) is 66.0 Å². The summed E-state index contributed by atoms with van der Waals surface area (Å²) >= 11 is 1.41. The van der Waals surface area contributed by atoms with E-state index in [0.717, 1.165) is 16.9 Å². The number of thiophene rings is 1. The summed E-state index contributed by atoms with van der Waals surface area (Å²) in [5.41, 5.74) is 3.68. The number of aromatic nitrogens is 3. The average molecular weight is 433 g/mol. The predicted molar refractivity (Wildman–Crippen MR) is 124 cm³/mol. The number of benzene rings is 2. The minimum absolute atomic E-state index is 0.117. The molecule has 1 N–H and O–H groups in total. The van der Waals surface area contributed by atoms with E-state index in [-0.39, 0.29) is 5.91 Å². The van der Waals surface area contributed by atoms with Crippen molar-refractivity contribution in [2.75, 3.05) is 11.9 Å². The van der Waals surface area contributed by atoms with E-state index in [0.29, 0.717) is 29.2 Å². The molecule has 2 aromatic heterocycles. The zero-order valence-electron chi connectivity index (χ0n) is 17.7. The van der Waals surface area contributed by atoms with E-state index in [9.17, 15) is 4.79 Å². The quantitative estimate of drug-likeness (QED) is 0.413. The number of ether oxygens (including phenoxy) is 1. The molecule has 31 heavy (non-hydrogen) atoms. The van der Waals surface area contributed by atoms with Gasteiger partial charge in [-0.3, -0.25) is 4.79 Å². The summed E-state index contributed by atoms with van der Waals surface area (Å²) in [5.74, 6) is 0.961. The minimum atomic E-state index is -0.117. The molecule has 2 heterocycles. The van der Waals surface area contributed by atoms with E-state index in [1.807, 2.05) is 60.0 Å². The van der Waals surface area contributed by atoms with Crippen LogP contribution in [0.5, 0.6) is 6.01 Å². The number of aryl methyl sites for hydroxylation is 1. The number of rotatable bonds is 7. The molecular weight excluding hydrogens is 408 g/mol. The molecule has 0 radical (unpaired) electrons. The maximum absolute atomic E-state index is 12.3. The van der Waals surface area contributed by atoms with Gasteiger partial charge in [-0.2, -0.15) is 4.98 Å². The van der Waals surface area contributed by atoms with Crippen molar-refractivity contribution < 1.29 is 9.53 Å². The van der Waals surface area contributed by atoms with Gasteiger partial charge in [0.2, 0.25) is 0 Å². The molecule has 7 heteroatoms. The van der Waals surface area contributed by atoms with Crippen LogP contribution in [0.25, 0.3) is 17.1 Å². The molecule has 0 atom stereocenters. The third-order valence-corrected chi connectivity index (χ3v) is 5.43. The summed E-state index contributed by atoms with van der Waals surface area (Å²) in [7, 11) is 0. The van der Waals surface area contributed by atoms with Gasteiger partial charge >= 0.3 is 6.01 Å². The van der Waals surface area contributed by atoms with Crippen molar-refractivity contribution in [1.82, 2.24) is 14.8 Å². The molecule has 0 saturated heterocycles. The molecule has 4 rings (SSSR count). The Labute approximate surface area is 185 Å². The molecule has 1 amide bonds. The highest BCUT2D eigenvalue weighted by molar-refractivity contribution is 7.12. The van der Waals surface area contributed by atoms with Crippen LogP contribution in [-0.4, -0.2) is 27.3 Å². The van der Waals surface area contributed by atoms with Crippen molar-refractivity contribution in [3.63, 3.8) is 0 Å². The van der Waals surface area contributed by atoms with Crippen LogP contribution in [0.4, 0.5) is 5.69 Å². The summed E-state index contributed by atoms with van der Waals surface area (Å²) in [6.07, 6.45) is 0. The van der Waals surface area contributed by atoms with E-state index >= 15 is 0 Å². The zero-order valence-corrected chi connectivity index (χ0v) is 18.5. The third-order valence-electron chi connectivity index (χ3n) is 4.56. The first-order chi connectivity index (χ1) is 15.0. The lowest BCUT2D eigenvalue weighted by Gasteiger charge is -2.08. The van der Waals surface area contributed by atoms with Crippen LogP contribution >= 0.6 is 11.3 Å². The van der Waals surface area contributed by atoms with Gasteiger partial charge in [-0.15, -0.1) is 16.4 Å². The van der Waals surface area contributed by atoms with E-state index in [1.54, 1.807) is 10.7 Å². The molecule has 0 unspecified atom stereocenters. The van der Waals surface area contributed by atoms with Crippen molar-refractivity contribution in [3.05, 3.63) is 76.5 Å². The molecule has 0 aliphatic carbocycles. The van der Waals surface area contributed by atoms with Crippen molar-refractivity contribution in [2.24, 2.45) is 5.92 Å². The normalized spacial score (nSPS) is 11.0. The summed E-state index contributed by atoms with van der Waals surface area (Å²) in [4.78, 5) is 17.6. The first kappa shape index (κ1) is 20.8. The van der Waals surface area contributed by atoms with Crippen molar-refractivity contribution in [2.45, 2.75) is 20.8 Å². The molecule has 4 aromatic rings. The van der Waals surface area contributed by atoms with Crippen LogP contribution in [0.1, 0.15) is 29.1 Å². The fourth-order valence-electron chi connectivity index (χ4n) is 2.95. The van der Waals surface area contributed by atoms with Gasteiger partial charge in [0.1, 0.15) is 0 Å². The third kappa shape index (κ3) is 5.00. The number of amides is 1. The van der Waals surface area contributed by atoms with Gasteiger partial charge in [0.15, 0.2) is 5.82 Å². The van der Waals surface area contributed by atoms with Crippen LogP contribution in [-0.2, 0) is 0 Å². The van der Waals surface area contributed by atoms with Gasteiger partial charge in [0.05, 0.1) is 17.2 Å². The second-order valence-corrected chi connectivity index (χ2v) is 8.63. The summed E-state index contributed by atoms with van der Waals surface area (Å²) in [5, 5.41) is 9.38. The molecule has 0 fully saturated rings. The topological polar surface area (TPSA) is 69.0 Å². The summed E-state index contributed by atoms with van der Waals surface area (Å²) in [6.45, 7) is 6.77. The maximum Gasteiger partial charge on any atom is 0.336 e. The molecular formula is C24H24N4O2S. The Bertz CT molecular complexity index is 1150. The number of anilines is 1. The Morgan fingerprint density at radius 2 is 1.84 bits per heavy atom. The van der Waals surface area contributed by atoms with E-state index in [2.05, 4.69) is 36.2 Å². The van der Waals surface area contributed by atoms with Crippen LogP contribution in [0, 0.1) is 12.8 Å². The molecule has 0 aliphatic heterocycles. The van der Waals surface area contributed by atoms with Gasteiger partial charge in [-0.1, -0.05) is 49.7 Å². The van der Waals surface area contributed by atoms with Gasteiger partial charge < -0.3 is 10.1 Å². The largest absolute Gasteiger partial charge is 0.462 e. The van der Waals surface area contributed by atoms with Crippen LogP contribution in [0.2, 0.25) is 0 Å². The maximum atomic E-state index is 12.3. The van der Waals surface area contributed by atoms with Gasteiger partial charge in [-0.05, 0) is 48.6 Å². The van der Waals surface area contributed by atoms with Gasteiger partial charge in [0.25, 0.3) is 5.91 Å². The van der Waals surface area contributed by atoms with E-state index in [1.165, 1.54) is 16.9 Å². The number of hydrogen-bond donors (Lipinski definition) is 1. The fourth-order valence-corrected chi connectivity index (χ4v) is 3.57. The molecule has 0 aliphatic rings. The van der Waals surface area contributed by atoms with Gasteiger partial charge in [0, 0.05) is 11.3 Å². The second-order valence-electron chi connectivity index (χ2n) is 7.68. The first-order valence-electron chi connectivity index (χ1n) is 10.1. The lowest BCUT2D eigenvalue weighted by Crippen LogP contribution is -2.10. The molecule has 2 aromatic carbocycles. The number of hydrogen-bond acceptors (Lipinski definition) is 5. The standard InChI is InChI=1S/C24H24N4O2S/c1-16(2)15-30-24-26-22(18-8-6-17(3)7-9-18)28(27-24)20-12-10-19(11-13-20)25-23(29)21-5-4-14-31-21/h4-14,16H,15H2,1-3H3,(H,25,29). The SMILES string of the molecule is Cc1ccc(-c2nc(OCC(C)C)nn2-c2ccc(NC(=O)c3cccs3)cc2)cc1. The summed E-state index contributed by atoms with van der Waals surface area (Å²) in [6, 6.07) is 19.7. The van der Waals surface area contributed by atoms with Crippen molar-refractivity contribution in [1.29, 1.82) is 0 Å².